The number of urea groups is 1. The molecule has 0 saturated heterocycles. The summed E-state index contributed by atoms with van der Waals surface area (Å²) in [7, 11) is 0. The number of carbonyl (C=O) groups excluding carboxylic acids is 1. The fourth-order valence-electron chi connectivity index (χ4n) is 2.39. The summed E-state index contributed by atoms with van der Waals surface area (Å²) in [6.45, 7) is 7.15. The monoisotopic (exact) mass is 327 g/mol. The van der Waals surface area contributed by atoms with E-state index in [4.69, 9.17) is 4.74 Å². The molecule has 0 saturated carbocycles. The molecule has 1 heterocycles. The van der Waals surface area contributed by atoms with Crippen LogP contribution in [0.2, 0.25) is 0 Å². The molecule has 5 nitrogen and oxygen atoms in total. The van der Waals surface area contributed by atoms with E-state index < -0.39 is 0 Å². The number of aryl methyl sites for hydroxylation is 1. The molecule has 1 unspecified atom stereocenters. The summed E-state index contributed by atoms with van der Waals surface area (Å²) in [5.74, 6) is 0.609. The van der Waals surface area contributed by atoms with Crippen LogP contribution in [0.3, 0.4) is 0 Å². The summed E-state index contributed by atoms with van der Waals surface area (Å²) >= 11 is 0. The van der Waals surface area contributed by atoms with E-state index in [9.17, 15) is 4.79 Å². The Kier molecular flexibility index (Phi) is 6.61. The number of aromatic nitrogens is 1. The summed E-state index contributed by atoms with van der Waals surface area (Å²) in [6.07, 6.45) is 2.67. The predicted molar refractivity (Wildman–Crippen MR) is 95.0 cm³/mol. The topological polar surface area (TPSA) is 63.2 Å². The van der Waals surface area contributed by atoms with Crippen LogP contribution in [0.15, 0.2) is 42.6 Å². The van der Waals surface area contributed by atoms with E-state index in [1.54, 1.807) is 6.20 Å². The molecule has 2 amide bonds. The number of rotatable bonds is 7. The molecule has 1 aromatic heterocycles. The van der Waals surface area contributed by atoms with Crippen LogP contribution in [0.4, 0.5) is 4.79 Å². The number of hydrogen-bond donors (Lipinski definition) is 2. The van der Waals surface area contributed by atoms with Crippen LogP contribution in [-0.2, 0) is 6.54 Å². The maximum absolute atomic E-state index is 12.1. The van der Waals surface area contributed by atoms with E-state index in [-0.39, 0.29) is 12.1 Å². The maximum Gasteiger partial charge on any atom is 0.315 e. The lowest BCUT2D eigenvalue weighted by atomic mass is 10.0. The molecule has 24 heavy (non-hydrogen) atoms. The minimum Gasteiger partial charge on any atom is -0.478 e. The van der Waals surface area contributed by atoms with Crippen molar-refractivity contribution in [2.75, 3.05) is 6.61 Å². The molecule has 2 rings (SSSR count). The van der Waals surface area contributed by atoms with E-state index in [0.717, 1.165) is 23.1 Å². The van der Waals surface area contributed by atoms with Gasteiger partial charge in [0, 0.05) is 18.8 Å². The Bertz CT molecular complexity index is 656. The van der Waals surface area contributed by atoms with Gasteiger partial charge < -0.3 is 15.4 Å². The third kappa shape index (κ3) is 5.26. The van der Waals surface area contributed by atoms with Crippen LogP contribution in [0.25, 0.3) is 0 Å². The molecule has 0 fully saturated rings. The van der Waals surface area contributed by atoms with Gasteiger partial charge in [0.05, 0.1) is 12.6 Å². The van der Waals surface area contributed by atoms with E-state index in [1.165, 1.54) is 0 Å². The van der Waals surface area contributed by atoms with Crippen LogP contribution in [0.5, 0.6) is 5.88 Å². The van der Waals surface area contributed by atoms with Gasteiger partial charge in [-0.05, 0) is 37.0 Å². The van der Waals surface area contributed by atoms with Crippen molar-refractivity contribution < 1.29 is 9.53 Å². The number of amides is 2. The molecule has 0 aliphatic heterocycles. The fraction of sp³-hybridized carbons (Fsp3) is 0.368. The van der Waals surface area contributed by atoms with Crippen molar-refractivity contribution >= 4 is 6.03 Å². The first kappa shape index (κ1) is 17.8. The summed E-state index contributed by atoms with van der Waals surface area (Å²) < 4.78 is 5.44. The van der Waals surface area contributed by atoms with Crippen molar-refractivity contribution in [2.45, 2.75) is 39.8 Å². The molecule has 2 aromatic rings. The van der Waals surface area contributed by atoms with Gasteiger partial charge in [-0.25, -0.2) is 9.78 Å². The highest BCUT2D eigenvalue weighted by atomic mass is 16.5. The van der Waals surface area contributed by atoms with Gasteiger partial charge in [0.1, 0.15) is 0 Å². The number of benzene rings is 1. The average molecular weight is 327 g/mol. The van der Waals surface area contributed by atoms with Crippen molar-refractivity contribution in [1.82, 2.24) is 15.6 Å². The molecular formula is C19H25N3O2. The number of pyridine rings is 1. The average Bonchev–Trinajstić information content (AvgIpc) is 2.59. The molecule has 1 aromatic carbocycles. The van der Waals surface area contributed by atoms with Crippen LogP contribution in [-0.4, -0.2) is 17.6 Å². The van der Waals surface area contributed by atoms with Crippen molar-refractivity contribution in [3.63, 3.8) is 0 Å². The fourth-order valence-corrected chi connectivity index (χ4v) is 2.39. The second kappa shape index (κ2) is 8.91. The number of hydrogen-bond acceptors (Lipinski definition) is 3. The Morgan fingerprint density at radius 2 is 2.04 bits per heavy atom. The standard InChI is InChI=1S/C19H25N3O2/c1-4-11-24-18-10-9-16(12-20-18)13-21-19(23)22-15(3)17-8-6-5-7-14(17)2/h5-10,12,15H,4,11,13H2,1-3H3,(H2,21,22,23). The second-order valence-corrected chi connectivity index (χ2v) is 5.76. The Morgan fingerprint density at radius 1 is 1.25 bits per heavy atom. The highest BCUT2D eigenvalue weighted by Gasteiger charge is 2.10. The molecule has 2 N–H and O–H groups in total. The molecule has 0 aliphatic rings. The predicted octanol–water partition coefficient (Wildman–Crippen LogP) is 3.74. The summed E-state index contributed by atoms with van der Waals surface area (Å²) in [5, 5.41) is 5.80. The van der Waals surface area contributed by atoms with Crippen molar-refractivity contribution in [2.24, 2.45) is 0 Å². The minimum absolute atomic E-state index is 0.0471. The molecular weight excluding hydrogens is 302 g/mol. The van der Waals surface area contributed by atoms with Crippen molar-refractivity contribution in [1.29, 1.82) is 0 Å². The minimum atomic E-state index is -0.197. The lowest BCUT2D eigenvalue weighted by Crippen LogP contribution is -2.36. The zero-order valence-electron chi connectivity index (χ0n) is 14.5. The van der Waals surface area contributed by atoms with Crippen molar-refractivity contribution in [3.05, 3.63) is 59.3 Å². The number of nitrogens with zero attached hydrogens (tertiary/aromatic N) is 1. The zero-order valence-corrected chi connectivity index (χ0v) is 14.5. The third-order valence-electron chi connectivity index (χ3n) is 3.71. The van der Waals surface area contributed by atoms with E-state index in [1.807, 2.05) is 50.2 Å². The van der Waals surface area contributed by atoms with Crippen molar-refractivity contribution in [3.8, 4) is 5.88 Å². The normalized spacial score (nSPS) is 11.6. The molecule has 0 aliphatic carbocycles. The van der Waals surface area contributed by atoms with Gasteiger partial charge in [-0.15, -0.1) is 0 Å². The van der Waals surface area contributed by atoms with Gasteiger partial charge in [-0.1, -0.05) is 37.3 Å². The highest BCUT2D eigenvalue weighted by Crippen LogP contribution is 2.16. The quantitative estimate of drug-likeness (QED) is 0.814. The van der Waals surface area contributed by atoms with Gasteiger partial charge in [0.25, 0.3) is 0 Å². The highest BCUT2D eigenvalue weighted by molar-refractivity contribution is 5.74. The first-order valence-corrected chi connectivity index (χ1v) is 8.27. The first-order valence-electron chi connectivity index (χ1n) is 8.27. The SMILES string of the molecule is CCCOc1ccc(CNC(=O)NC(C)c2ccccc2C)cn1. The third-order valence-corrected chi connectivity index (χ3v) is 3.71. The van der Waals surface area contributed by atoms with Crippen LogP contribution >= 0.6 is 0 Å². The number of carbonyl (C=O) groups is 1. The Labute approximate surface area is 143 Å². The number of ether oxygens (including phenoxy) is 1. The molecule has 0 spiro atoms. The summed E-state index contributed by atoms with van der Waals surface area (Å²) in [5.41, 5.74) is 3.21. The van der Waals surface area contributed by atoms with Gasteiger partial charge in [-0.2, -0.15) is 0 Å². The van der Waals surface area contributed by atoms with Crippen LogP contribution in [0.1, 0.15) is 43.0 Å². The van der Waals surface area contributed by atoms with E-state index in [2.05, 4.69) is 22.5 Å². The van der Waals surface area contributed by atoms with Crippen LogP contribution < -0.4 is 15.4 Å². The van der Waals surface area contributed by atoms with Gasteiger partial charge >= 0.3 is 6.03 Å². The number of nitrogens with one attached hydrogen (secondary N) is 2. The molecule has 128 valence electrons. The Balaban J connectivity index is 1.81. The van der Waals surface area contributed by atoms with Gasteiger partial charge in [-0.3, -0.25) is 0 Å². The smallest absolute Gasteiger partial charge is 0.315 e. The van der Waals surface area contributed by atoms with E-state index >= 15 is 0 Å². The summed E-state index contributed by atoms with van der Waals surface area (Å²) in [4.78, 5) is 16.3. The summed E-state index contributed by atoms with van der Waals surface area (Å²) in [6, 6.07) is 11.5. The zero-order chi connectivity index (χ0) is 17.4. The first-order chi connectivity index (χ1) is 11.6. The largest absolute Gasteiger partial charge is 0.478 e. The molecule has 5 heteroatoms. The van der Waals surface area contributed by atoms with Gasteiger partial charge in [0.2, 0.25) is 5.88 Å². The Hall–Kier alpha value is -2.56. The maximum atomic E-state index is 12.1. The molecule has 0 radical (unpaired) electrons. The van der Waals surface area contributed by atoms with Gasteiger partial charge in [0.15, 0.2) is 0 Å². The lowest BCUT2D eigenvalue weighted by molar-refractivity contribution is 0.237. The lowest BCUT2D eigenvalue weighted by Gasteiger charge is -2.17. The molecule has 1 atom stereocenters. The van der Waals surface area contributed by atoms with Crippen LogP contribution in [0, 0.1) is 6.92 Å². The second-order valence-electron chi connectivity index (χ2n) is 5.76. The van der Waals surface area contributed by atoms with E-state index in [0.29, 0.717) is 19.0 Å². The Morgan fingerprint density at radius 3 is 2.71 bits per heavy atom. The molecule has 0 bridgehead atoms.